The Bertz CT molecular complexity index is 281. The number of aliphatic imine (C=N–C) groups is 1. The number of nitrogens with two attached hydrogens (primary N) is 1. The molecule has 1 aromatic rings. The molecule has 0 bridgehead atoms. The van der Waals surface area contributed by atoms with Gasteiger partial charge in [-0.15, -0.1) is 0 Å². The van der Waals surface area contributed by atoms with Gasteiger partial charge in [0, 0.05) is 33.0 Å². The summed E-state index contributed by atoms with van der Waals surface area (Å²) in [7, 11) is 3.58. The van der Waals surface area contributed by atoms with Crippen LogP contribution in [0.3, 0.4) is 0 Å². The molecule has 13 heavy (non-hydrogen) atoms. The second-order valence-electron chi connectivity index (χ2n) is 2.79. The molecule has 0 saturated heterocycles. The molecule has 1 heterocycles. The monoisotopic (exact) mass is 178 g/mol. The summed E-state index contributed by atoms with van der Waals surface area (Å²) in [4.78, 5) is 9.71. The maximum absolute atomic E-state index is 5.62. The normalized spacial score (nSPS) is 11.4. The standard InChI is InChI=1S/C9H14N4/c1-11-9(10)13(2)7-8-3-5-12-6-4-8/h3-6H,7H2,1-2H3,(H2,10,11). The van der Waals surface area contributed by atoms with E-state index in [9.17, 15) is 0 Å². The van der Waals surface area contributed by atoms with Crippen molar-refractivity contribution in [2.75, 3.05) is 14.1 Å². The van der Waals surface area contributed by atoms with Crippen LogP contribution >= 0.6 is 0 Å². The number of nitrogens with zero attached hydrogens (tertiary/aromatic N) is 3. The Morgan fingerprint density at radius 2 is 2.15 bits per heavy atom. The van der Waals surface area contributed by atoms with Crippen molar-refractivity contribution in [3.05, 3.63) is 30.1 Å². The predicted octanol–water partition coefficient (Wildman–Crippen LogP) is 0.458. The van der Waals surface area contributed by atoms with Crippen LogP contribution in [-0.2, 0) is 6.54 Å². The molecule has 70 valence electrons. The summed E-state index contributed by atoms with van der Waals surface area (Å²) in [5, 5.41) is 0. The third kappa shape index (κ3) is 2.74. The van der Waals surface area contributed by atoms with Crippen molar-refractivity contribution in [1.29, 1.82) is 0 Å². The first kappa shape index (κ1) is 9.51. The van der Waals surface area contributed by atoms with Crippen molar-refractivity contribution < 1.29 is 0 Å². The Hall–Kier alpha value is -1.58. The van der Waals surface area contributed by atoms with Gasteiger partial charge in [-0.3, -0.25) is 9.98 Å². The van der Waals surface area contributed by atoms with Gasteiger partial charge in [-0.2, -0.15) is 0 Å². The van der Waals surface area contributed by atoms with Crippen molar-refractivity contribution in [2.24, 2.45) is 10.7 Å². The smallest absolute Gasteiger partial charge is 0.191 e. The maximum Gasteiger partial charge on any atom is 0.191 e. The Labute approximate surface area is 78.1 Å². The SMILES string of the molecule is CN=C(N)N(C)Cc1ccncc1. The van der Waals surface area contributed by atoms with E-state index in [-0.39, 0.29) is 0 Å². The van der Waals surface area contributed by atoms with Gasteiger partial charge in [0.1, 0.15) is 0 Å². The minimum Gasteiger partial charge on any atom is -0.370 e. The molecule has 2 N–H and O–H groups in total. The van der Waals surface area contributed by atoms with Crippen LogP contribution in [0.25, 0.3) is 0 Å². The summed E-state index contributed by atoms with van der Waals surface area (Å²) in [5.74, 6) is 0.539. The summed E-state index contributed by atoms with van der Waals surface area (Å²) in [6.45, 7) is 0.756. The van der Waals surface area contributed by atoms with E-state index in [0.29, 0.717) is 5.96 Å². The molecule has 0 spiro atoms. The third-order valence-electron chi connectivity index (χ3n) is 1.79. The molecule has 0 aliphatic rings. The molecular weight excluding hydrogens is 164 g/mol. The van der Waals surface area contributed by atoms with Crippen LogP contribution in [-0.4, -0.2) is 29.9 Å². The predicted molar refractivity (Wildman–Crippen MR) is 53.3 cm³/mol. The molecule has 0 aliphatic carbocycles. The summed E-state index contributed by atoms with van der Waals surface area (Å²) in [6, 6.07) is 3.92. The van der Waals surface area contributed by atoms with E-state index in [2.05, 4.69) is 9.98 Å². The zero-order chi connectivity index (χ0) is 9.68. The minimum atomic E-state index is 0.539. The second kappa shape index (κ2) is 4.45. The zero-order valence-corrected chi connectivity index (χ0v) is 7.94. The average molecular weight is 178 g/mol. The van der Waals surface area contributed by atoms with Crippen molar-refractivity contribution in [3.8, 4) is 0 Å². The average Bonchev–Trinajstić information content (AvgIpc) is 2.18. The topological polar surface area (TPSA) is 54.5 Å². The van der Waals surface area contributed by atoms with Gasteiger partial charge < -0.3 is 10.6 Å². The number of pyridine rings is 1. The fourth-order valence-corrected chi connectivity index (χ4v) is 1.01. The molecule has 0 unspecified atom stereocenters. The van der Waals surface area contributed by atoms with Gasteiger partial charge in [-0.1, -0.05) is 0 Å². The fourth-order valence-electron chi connectivity index (χ4n) is 1.01. The second-order valence-corrected chi connectivity index (χ2v) is 2.79. The molecule has 1 rings (SSSR count). The molecule has 1 aromatic heterocycles. The maximum atomic E-state index is 5.62. The molecule has 0 saturated carbocycles. The number of hydrogen-bond acceptors (Lipinski definition) is 2. The first-order chi connectivity index (χ1) is 6.24. The van der Waals surface area contributed by atoms with E-state index < -0.39 is 0 Å². The van der Waals surface area contributed by atoms with Gasteiger partial charge in [0.05, 0.1) is 0 Å². The quantitative estimate of drug-likeness (QED) is 0.528. The van der Waals surface area contributed by atoms with Crippen LogP contribution in [0.1, 0.15) is 5.56 Å². The molecule has 0 radical (unpaired) electrons. The van der Waals surface area contributed by atoms with E-state index in [1.807, 2.05) is 24.1 Å². The number of aromatic nitrogens is 1. The molecule has 0 aliphatic heterocycles. The van der Waals surface area contributed by atoms with Gasteiger partial charge in [0.2, 0.25) is 0 Å². The zero-order valence-electron chi connectivity index (χ0n) is 7.94. The third-order valence-corrected chi connectivity index (χ3v) is 1.79. The highest BCUT2D eigenvalue weighted by Crippen LogP contribution is 1.99. The molecule has 0 amide bonds. The van der Waals surface area contributed by atoms with E-state index in [1.165, 1.54) is 5.56 Å². The Balaban J connectivity index is 2.60. The van der Waals surface area contributed by atoms with Crippen LogP contribution in [0, 0.1) is 0 Å². The van der Waals surface area contributed by atoms with Gasteiger partial charge in [-0.05, 0) is 17.7 Å². The van der Waals surface area contributed by atoms with Crippen molar-refractivity contribution in [2.45, 2.75) is 6.54 Å². The summed E-state index contributed by atoms with van der Waals surface area (Å²) in [6.07, 6.45) is 3.53. The van der Waals surface area contributed by atoms with Crippen LogP contribution in [0.4, 0.5) is 0 Å². The first-order valence-corrected chi connectivity index (χ1v) is 4.06. The Morgan fingerprint density at radius 1 is 1.54 bits per heavy atom. The number of hydrogen-bond donors (Lipinski definition) is 1. The first-order valence-electron chi connectivity index (χ1n) is 4.06. The highest BCUT2D eigenvalue weighted by atomic mass is 15.2. The number of guanidine groups is 1. The fraction of sp³-hybridized carbons (Fsp3) is 0.333. The molecule has 4 heteroatoms. The number of rotatable bonds is 2. The van der Waals surface area contributed by atoms with Crippen LogP contribution < -0.4 is 5.73 Å². The van der Waals surface area contributed by atoms with Gasteiger partial charge in [0.15, 0.2) is 5.96 Å². The molecule has 0 aromatic carbocycles. The van der Waals surface area contributed by atoms with E-state index in [1.54, 1.807) is 19.4 Å². The molecule has 4 nitrogen and oxygen atoms in total. The summed E-state index contributed by atoms with van der Waals surface area (Å²) >= 11 is 0. The molecule has 0 fully saturated rings. The Morgan fingerprint density at radius 3 is 2.69 bits per heavy atom. The lowest BCUT2D eigenvalue weighted by Gasteiger charge is -2.17. The van der Waals surface area contributed by atoms with Crippen molar-refractivity contribution in [1.82, 2.24) is 9.88 Å². The lowest BCUT2D eigenvalue weighted by atomic mass is 10.2. The van der Waals surface area contributed by atoms with Gasteiger partial charge >= 0.3 is 0 Å². The van der Waals surface area contributed by atoms with Crippen LogP contribution in [0.5, 0.6) is 0 Å². The van der Waals surface area contributed by atoms with Crippen LogP contribution in [0.2, 0.25) is 0 Å². The largest absolute Gasteiger partial charge is 0.370 e. The van der Waals surface area contributed by atoms with Gasteiger partial charge in [0.25, 0.3) is 0 Å². The van der Waals surface area contributed by atoms with E-state index in [4.69, 9.17) is 5.73 Å². The molecule has 0 atom stereocenters. The van der Waals surface area contributed by atoms with Crippen molar-refractivity contribution >= 4 is 5.96 Å². The van der Waals surface area contributed by atoms with Crippen LogP contribution in [0.15, 0.2) is 29.5 Å². The summed E-state index contributed by atoms with van der Waals surface area (Å²) in [5.41, 5.74) is 6.80. The van der Waals surface area contributed by atoms with Gasteiger partial charge in [-0.25, -0.2) is 0 Å². The lowest BCUT2D eigenvalue weighted by molar-refractivity contribution is 0.493. The highest BCUT2D eigenvalue weighted by molar-refractivity contribution is 5.77. The lowest BCUT2D eigenvalue weighted by Crippen LogP contribution is -2.33. The molecular formula is C9H14N4. The van der Waals surface area contributed by atoms with E-state index in [0.717, 1.165) is 6.54 Å². The Kier molecular flexibility index (Phi) is 3.25. The highest BCUT2D eigenvalue weighted by Gasteiger charge is 2.00. The summed E-state index contributed by atoms with van der Waals surface area (Å²) < 4.78 is 0. The van der Waals surface area contributed by atoms with Crippen molar-refractivity contribution in [3.63, 3.8) is 0 Å². The minimum absolute atomic E-state index is 0.539. The van der Waals surface area contributed by atoms with E-state index >= 15 is 0 Å².